The Balaban J connectivity index is 2.13. The third-order valence-corrected chi connectivity index (χ3v) is 5.21. The number of nitrogens with one attached hydrogen (secondary N) is 1. The molecule has 0 unspecified atom stereocenters. The third-order valence-electron chi connectivity index (χ3n) is 5.21. The molecule has 0 radical (unpaired) electrons. The minimum atomic E-state index is -3.13. The summed E-state index contributed by atoms with van der Waals surface area (Å²) in [4.78, 5) is 17.1. The molecule has 0 aliphatic rings. The molecule has 2 aromatic heterocycles. The van der Waals surface area contributed by atoms with E-state index in [-0.39, 0.29) is 23.0 Å². The van der Waals surface area contributed by atoms with Crippen LogP contribution < -0.4 is 14.8 Å². The molecule has 7 nitrogen and oxygen atoms in total. The molecule has 1 aromatic carbocycles. The summed E-state index contributed by atoms with van der Waals surface area (Å²) in [6.07, 6.45) is 3.34. The van der Waals surface area contributed by atoms with Crippen molar-refractivity contribution < 1.29 is 23.0 Å². The van der Waals surface area contributed by atoms with Gasteiger partial charge < -0.3 is 14.8 Å². The summed E-state index contributed by atoms with van der Waals surface area (Å²) in [5.41, 5.74) is 1.64. The molecule has 0 atom stereocenters. The second kappa shape index (κ2) is 9.45. The molecule has 0 saturated carbocycles. The molecule has 1 amide bonds. The first-order chi connectivity index (χ1) is 15.6. The van der Waals surface area contributed by atoms with E-state index in [9.17, 15) is 18.8 Å². The zero-order valence-electron chi connectivity index (χ0n) is 19.1. The van der Waals surface area contributed by atoms with Crippen molar-refractivity contribution in [3.05, 3.63) is 47.8 Å². The quantitative estimate of drug-likeness (QED) is 0.526. The van der Waals surface area contributed by atoms with Crippen molar-refractivity contribution in [2.45, 2.75) is 39.7 Å². The Morgan fingerprint density at radius 2 is 1.97 bits per heavy atom. The van der Waals surface area contributed by atoms with Crippen LogP contribution in [0.4, 0.5) is 8.78 Å². The topological polar surface area (TPSA) is 88.7 Å². The van der Waals surface area contributed by atoms with Gasteiger partial charge in [0, 0.05) is 18.3 Å². The van der Waals surface area contributed by atoms with Crippen LogP contribution in [0.1, 0.15) is 43.6 Å². The minimum absolute atomic E-state index is 0.0987. The summed E-state index contributed by atoms with van der Waals surface area (Å²) < 4.78 is 38.2. The summed E-state index contributed by atoms with van der Waals surface area (Å²) in [7, 11) is 1.36. The monoisotopic (exact) mass is 456 g/mol. The van der Waals surface area contributed by atoms with Crippen molar-refractivity contribution in [2.75, 3.05) is 13.7 Å². The van der Waals surface area contributed by atoms with Gasteiger partial charge in [-0.3, -0.25) is 9.20 Å². The number of carbonyl (C=O) groups excluding carboxylic acids is 1. The molecule has 9 heteroatoms. The number of hydrogen-bond acceptors (Lipinski definition) is 5. The van der Waals surface area contributed by atoms with Crippen molar-refractivity contribution in [3.8, 4) is 28.8 Å². The smallest absolute Gasteiger partial charge is 0.387 e. The van der Waals surface area contributed by atoms with E-state index in [0.29, 0.717) is 23.4 Å². The number of pyridine rings is 1. The first-order valence-electron chi connectivity index (χ1n) is 10.4. The maximum atomic E-state index is 13.2. The van der Waals surface area contributed by atoms with Gasteiger partial charge in [-0.1, -0.05) is 13.8 Å². The highest BCUT2D eigenvalue weighted by molar-refractivity contribution is 6.00. The Bertz CT molecular complexity index is 1210. The van der Waals surface area contributed by atoms with Gasteiger partial charge in [-0.2, -0.15) is 14.0 Å². The van der Waals surface area contributed by atoms with E-state index in [1.807, 2.05) is 33.8 Å². The second-order valence-corrected chi connectivity index (χ2v) is 8.56. The van der Waals surface area contributed by atoms with Crippen LogP contribution in [-0.4, -0.2) is 35.6 Å². The minimum Gasteiger partial charge on any atom is -0.496 e. The fraction of sp³-hybridized carbons (Fsp3) is 0.375. The van der Waals surface area contributed by atoms with Crippen LogP contribution in [0.15, 0.2) is 36.7 Å². The van der Waals surface area contributed by atoms with Gasteiger partial charge in [-0.15, -0.1) is 0 Å². The lowest BCUT2D eigenvalue weighted by Crippen LogP contribution is -2.28. The fourth-order valence-corrected chi connectivity index (χ4v) is 3.34. The van der Waals surface area contributed by atoms with Gasteiger partial charge in [0.2, 0.25) is 0 Å². The Morgan fingerprint density at radius 1 is 1.27 bits per heavy atom. The average Bonchev–Trinajstić information content (AvgIpc) is 3.19. The normalized spacial score (nSPS) is 11.6. The molecule has 174 valence electrons. The van der Waals surface area contributed by atoms with Gasteiger partial charge in [0.15, 0.2) is 0 Å². The first kappa shape index (κ1) is 24.0. The lowest BCUT2D eigenvalue weighted by Gasteiger charge is -2.17. The highest BCUT2D eigenvalue weighted by Crippen LogP contribution is 2.36. The largest absolute Gasteiger partial charge is 0.496 e. The summed E-state index contributed by atoms with van der Waals surface area (Å²) in [5.74, 6) is -0.587. The molecule has 0 bridgehead atoms. The number of benzene rings is 1. The number of halogens is 2. The average molecular weight is 456 g/mol. The molecule has 0 aliphatic carbocycles. The number of fused-ring (bicyclic) bond motifs is 1. The molecule has 0 saturated heterocycles. The third kappa shape index (κ3) is 5.06. The number of amides is 1. The summed E-state index contributed by atoms with van der Waals surface area (Å²) >= 11 is 0. The molecule has 0 fully saturated rings. The summed E-state index contributed by atoms with van der Waals surface area (Å²) in [5, 5.41) is 12.1. The molecular formula is C24H26F2N4O3. The highest BCUT2D eigenvalue weighted by atomic mass is 19.3. The predicted molar refractivity (Wildman–Crippen MR) is 120 cm³/mol. The number of carbonyl (C=O) groups is 1. The zero-order valence-corrected chi connectivity index (χ0v) is 19.1. The molecule has 3 rings (SSSR count). The number of alkyl halides is 2. The van der Waals surface area contributed by atoms with Crippen LogP contribution in [-0.2, 0) is 5.41 Å². The first-order valence-corrected chi connectivity index (χ1v) is 10.4. The number of ether oxygens (including phenoxy) is 2. The highest BCUT2D eigenvalue weighted by Gasteiger charge is 2.25. The molecule has 0 spiro atoms. The number of imidazole rings is 1. The molecule has 3 aromatic rings. The van der Waals surface area contributed by atoms with Crippen molar-refractivity contribution in [1.82, 2.24) is 14.7 Å². The molecule has 1 N–H and O–H groups in total. The van der Waals surface area contributed by atoms with Gasteiger partial charge in [-0.25, -0.2) is 4.98 Å². The van der Waals surface area contributed by atoms with Crippen molar-refractivity contribution in [1.29, 1.82) is 5.26 Å². The van der Waals surface area contributed by atoms with Gasteiger partial charge in [0.05, 0.1) is 30.5 Å². The molecular weight excluding hydrogens is 430 g/mol. The Morgan fingerprint density at radius 3 is 2.58 bits per heavy atom. The number of hydrogen-bond donors (Lipinski definition) is 1. The number of aromatic nitrogens is 2. The Kier molecular flexibility index (Phi) is 6.86. The van der Waals surface area contributed by atoms with Crippen LogP contribution in [0.25, 0.3) is 16.9 Å². The second-order valence-electron chi connectivity index (χ2n) is 8.56. The van der Waals surface area contributed by atoms with Crippen LogP contribution >= 0.6 is 0 Å². The maximum absolute atomic E-state index is 13.2. The van der Waals surface area contributed by atoms with Gasteiger partial charge in [-0.05, 0) is 49.6 Å². The predicted octanol–water partition coefficient (Wildman–Crippen LogP) is 4.80. The summed E-state index contributed by atoms with van der Waals surface area (Å²) in [6.45, 7) is 4.71. The Hall–Kier alpha value is -3.67. The van der Waals surface area contributed by atoms with Gasteiger partial charge >= 0.3 is 6.61 Å². The van der Waals surface area contributed by atoms with Crippen LogP contribution in [0.2, 0.25) is 0 Å². The van der Waals surface area contributed by atoms with E-state index >= 15 is 0 Å². The maximum Gasteiger partial charge on any atom is 0.387 e. The van der Waals surface area contributed by atoms with E-state index < -0.39 is 17.9 Å². The summed E-state index contributed by atoms with van der Waals surface area (Å²) in [6, 6.07) is 8.82. The number of nitriles is 1. The van der Waals surface area contributed by atoms with Gasteiger partial charge in [0.25, 0.3) is 5.91 Å². The zero-order chi connectivity index (χ0) is 24.3. The fourth-order valence-electron chi connectivity index (χ4n) is 3.34. The van der Waals surface area contributed by atoms with E-state index in [2.05, 4.69) is 16.4 Å². The van der Waals surface area contributed by atoms with Crippen LogP contribution in [0.3, 0.4) is 0 Å². The van der Waals surface area contributed by atoms with Crippen LogP contribution in [0, 0.1) is 17.2 Å². The SMILES string of the molecule is COc1cc(-c2cnc3cc(C(C)(C)C#N)ccn23)cc(OC(F)F)c1C(=O)NCC(C)C. The van der Waals surface area contributed by atoms with E-state index in [4.69, 9.17) is 9.47 Å². The van der Waals surface area contributed by atoms with Crippen molar-refractivity contribution >= 4 is 11.6 Å². The Labute approximate surface area is 191 Å². The van der Waals surface area contributed by atoms with E-state index in [0.717, 1.165) is 5.56 Å². The van der Waals surface area contributed by atoms with Crippen LogP contribution in [0.5, 0.6) is 11.5 Å². The van der Waals surface area contributed by atoms with E-state index in [1.165, 1.54) is 13.2 Å². The van der Waals surface area contributed by atoms with Crippen molar-refractivity contribution in [3.63, 3.8) is 0 Å². The van der Waals surface area contributed by atoms with E-state index in [1.54, 1.807) is 28.9 Å². The molecule has 33 heavy (non-hydrogen) atoms. The number of nitrogens with zero attached hydrogens (tertiary/aromatic N) is 3. The lowest BCUT2D eigenvalue weighted by atomic mass is 9.87. The molecule has 2 heterocycles. The number of rotatable bonds is 8. The van der Waals surface area contributed by atoms with Crippen molar-refractivity contribution in [2.24, 2.45) is 5.92 Å². The lowest BCUT2D eigenvalue weighted by molar-refractivity contribution is -0.0502. The van der Waals surface area contributed by atoms with Gasteiger partial charge in [0.1, 0.15) is 22.7 Å². The standard InChI is InChI=1S/C24H26F2N4O3/c1-14(2)11-29-22(31)21-18(32-5)8-15(9-19(21)33-23(25)26)17-12-28-20-10-16(6-7-30(17)20)24(3,4)13-27/h6-10,12,14,23H,11H2,1-5H3,(H,29,31). The molecule has 0 aliphatic heterocycles. The number of methoxy groups -OCH3 is 1.